The summed E-state index contributed by atoms with van der Waals surface area (Å²) in [7, 11) is 2.74. The Balaban J connectivity index is 3.78. The number of carbonyl (C=O) groups excluding carboxylic acids is 2. The zero-order chi connectivity index (χ0) is 10.3. The molecule has 1 atom stereocenters. The van der Waals surface area contributed by atoms with Gasteiger partial charge in [-0.15, -0.1) is 0 Å². The number of aliphatic hydroxyl groups is 1. The minimum Gasteiger partial charge on any atom is -0.381 e. The van der Waals surface area contributed by atoms with Crippen molar-refractivity contribution in [3.8, 4) is 0 Å². The fourth-order valence-corrected chi connectivity index (χ4v) is 0.565. The predicted octanol–water partition coefficient (Wildman–Crippen LogP) is -1.91. The molecule has 0 fully saturated rings. The van der Waals surface area contributed by atoms with Gasteiger partial charge in [-0.3, -0.25) is 4.79 Å². The summed E-state index contributed by atoms with van der Waals surface area (Å²) in [5.74, 6) is -1.68. The van der Waals surface area contributed by atoms with Crippen LogP contribution < -0.4 is 11.0 Å². The van der Waals surface area contributed by atoms with Crippen LogP contribution in [-0.2, 0) is 19.3 Å². The molecule has 0 saturated heterocycles. The van der Waals surface area contributed by atoms with Gasteiger partial charge in [0.1, 0.15) is 0 Å². The lowest BCUT2D eigenvalue weighted by Gasteiger charge is -2.07. The third kappa shape index (κ3) is 5.12. The van der Waals surface area contributed by atoms with Gasteiger partial charge in [-0.25, -0.2) is 4.79 Å². The van der Waals surface area contributed by atoms with Crippen molar-refractivity contribution in [1.82, 2.24) is 11.0 Å². The standard InChI is InChI=1S/C6H12N2O5/c1-7-12-5(10)3-4(9)6(11)13-8-2/h4,7-9H,3H2,1-2H3. The Morgan fingerprint density at radius 3 is 2.31 bits per heavy atom. The Morgan fingerprint density at radius 1 is 1.31 bits per heavy atom. The number of nitrogens with one attached hydrogen (secondary N) is 2. The van der Waals surface area contributed by atoms with E-state index in [0.29, 0.717) is 0 Å². The summed E-state index contributed by atoms with van der Waals surface area (Å²) in [5.41, 5.74) is 4.19. The average Bonchev–Trinajstić information content (AvgIpc) is 2.05. The van der Waals surface area contributed by atoms with E-state index in [9.17, 15) is 9.59 Å². The van der Waals surface area contributed by atoms with Gasteiger partial charge in [-0.1, -0.05) is 0 Å². The second-order valence-corrected chi connectivity index (χ2v) is 2.02. The van der Waals surface area contributed by atoms with E-state index in [4.69, 9.17) is 5.11 Å². The summed E-state index contributed by atoms with van der Waals surface area (Å²) in [6.45, 7) is 0. The van der Waals surface area contributed by atoms with Gasteiger partial charge in [0, 0.05) is 14.1 Å². The third-order valence-electron chi connectivity index (χ3n) is 1.05. The first kappa shape index (κ1) is 11.8. The van der Waals surface area contributed by atoms with E-state index < -0.39 is 24.5 Å². The molecule has 0 aromatic rings. The summed E-state index contributed by atoms with van der Waals surface area (Å²) in [4.78, 5) is 29.9. The van der Waals surface area contributed by atoms with E-state index in [2.05, 4.69) is 20.6 Å². The zero-order valence-electron chi connectivity index (χ0n) is 7.36. The minimum absolute atomic E-state index is 0.457. The second kappa shape index (κ2) is 6.35. The Bertz CT molecular complexity index is 184. The molecule has 0 bridgehead atoms. The van der Waals surface area contributed by atoms with Crippen LogP contribution in [0.2, 0.25) is 0 Å². The fraction of sp³-hybridized carbons (Fsp3) is 0.667. The summed E-state index contributed by atoms with van der Waals surface area (Å²) in [5, 5.41) is 9.00. The highest BCUT2D eigenvalue weighted by molar-refractivity contribution is 5.81. The van der Waals surface area contributed by atoms with Gasteiger partial charge >= 0.3 is 11.9 Å². The largest absolute Gasteiger partial charge is 0.381 e. The van der Waals surface area contributed by atoms with Gasteiger partial charge in [0.25, 0.3) is 0 Å². The average molecular weight is 192 g/mol. The molecule has 0 aromatic heterocycles. The van der Waals surface area contributed by atoms with E-state index >= 15 is 0 Å². The van der Waals surface area contributed by atoms with E-state index in [-0.39, 0.29) is 0 Å². The molecule has 0 radical (unpaired) electrons. The van der Waals surface area contributed by atoms with Gasteiger partial charge in [-0.2, -0.15) is 11.0 Å². The van der Waals surface area contributed by atoms with Crippen molar-refractivity contribution in [3.63, 3.8) is 0 Å². The highest BCUT2D eigenvalue weighted by Gasteiger charge is 2.21. The third-order valence-corrected chi connectivity index (χ3v) is 1.05. The molecule has 3 N–H and O–H groups in total. The maximum atomic E-state index is 10.7. The van der Waals surface area contributed by atoms with E-state index in [1.54, 1.807) is 0 Å². The van der Waals surface area contributed by atoms with Gasteiger partial charge in [0.05, 0.1) is 6.42 Å². The molecule has 7 nitrogen and oxygen atoms in total. The maximum absolute atomic E-state index is 10.7. The number of rotatable bonds is 5. The van der Waals surface area contributed by atoms with E-state index in [0.717, 1.165) is 0 Å². The van der Waals surface area contributed by atoms with Crippen molar-refractivity contribution < 1.29 is 24.4 Å². The fourth-order valence-electron chi connectivity index (χ4n) is 0.565. The summed E-state index contributed by atoms with van der Waals surface area (Å²) in [6, 6.07) is 0. The molecule has 0 aliphatic heterocycles. The van der Waals surface area contributed by atoms with Crippen LogP contribution in [0.3, 0.4) is 0 Å². The van der Waals surface area contributed by atoms with E-state index in [1.807, 2.05) is 0 Å². The summed E-state index contributed by atoms with van der Waals surface area (Å²) >= 11 is 0. The quantitative estimate of drug-likeness (QED) is 0.437. The van der Waals surface area contributed by atoms with Crippen molar-refractivity contribution in [1.29, 1.82) is 0 Å². The van der Waals surface area contributed by atoms with Crippen LogP contribution >= 0.6 is 0 Å². The molecular weight excluding hydrogens is 180 g/mol. The first-order valence-corrected chi connectivity index (χ1v) is 3.53. The monoisotopic (exact) mass is 192 g/mol. The van der Waals surface area contributed by atoms with Gasteiger partial charge in [-0.05, 0) is 0 Å². The molecule has 76 valence electrons. The number of hydrogen-bond donors (Lipinski definition) is 3. The number of hydroxylamine groups is 2. The Kier molecular flexibility index (Phi) is 5.77. The molecule has 0 spiro atoms. The molecule has 0 heterocycles. The van der Waals surface area contributed by atoms with Crippen molar-refractivity contribution in [2.75, 3.05) is 14.1 Å². The van der Waals surface area contributed by atoms with Crippen LogP contribution in [0.4, 0.5) is 0 Å². The first-order chi connectivity index (χ1) is 6.11. The molecule has 0 rings (SSSR count). The zero-order valence-corrected chi connectivity index (χ0v) is 7.36. The van der Waals surface area contributed by atoms with Gasteiger partial charge < -0.3 is 14.8 Å². The highest BCUT2D eigenvalue weighted by Crippen LogP contribution is 1.95. The second-order valence-electron chi connectivity index (χ2n) is 2.02. The number of hydrogen-bond acceptors (Lipinski definition) is 7. The van der Waals surface area contributed by atoms with Crippen LogP contribution in [0.25, 0.3) is 0 Å². The molecule has 1 unspecified atom stereocenters. The lowest BCUT2D eigenvalue weighted by Crippen LogP contribution is -2.31. The summed E-state index contributed by atoms with van der Waals surface area (Å²) < 4.78 is 0. The molecule has 0 aromatic carbocycles. The van der Waals surface area contributed by atoms with Crippen LogP contribution in [-0.4, -0.2) is 37.2 Å². The molecule has 7 heteroatoms. The van der Waals surface area contributed by atoms with Crippen molar-refractivity contribution >= 4 is 11.9 Å². The molecule has 0 aliphatic carbocycles. The van der Waals surface area contributed by atoms with Crippen LogP contribution in [0.5, 0.6) is 0 Å². The van der Waals surface area contributed by atoms with Gasteiger partial charge in [0.15, 0.2) is 6.10 Å². The predicted molar refractivity (Wildman–Crippen MR) is 40.9 cm³/mol. The SMILES string of the molecule is CNOC(=O)CC(O)C(=O)ONC. The van der Waals surface area contributed by atoms with Crippen LogP contribution in [0.15, 0.2) is 0 Å². The first-order valence-electron chi connectivity index (χ1n) is 3.53. The topological polar surface area (TPSA) is 96.9 Å². The Hall–Kier alpha value is -1.18. The normalized spacial score (nSPS) is 11.9. The number of carbonyl (C=O) groups is 2. The smallest absolute Gasteiger partial charge is 0.354 e. The van der Waals surface area contributed by atoms with Gasteiger partial charge in [0.2, 0.25) is 0 Å². The van der Waals surface area contributed by atoms with Crippen LogP contribution in [0, 0.1) is 0 Å². The lowest BCUT2D eigenvalue weighted by atomic mass is 10.3. The minimum atomic E-state index is -1.52. The van der Waals surface area contributed by atoms with E-state index in [1.165, 1.54) is 14.1 Å². The molecule has 0 amide bonds. The molecule has 13 heavy (non-hydrogen) atoms. The van der Waals surface area contributed by atoms with Crippen molar-refractivity contribution in [2.45, 2.75) is 12.5 Å². The molecule has 0 aliphatic rings. The summed E-state index contributed by atoms with van der Waals surface area (Å²) in [6.07, 6.45) is -1.98. The Labute approximate surface area is 74.9 Å². The van der Waals surface area contributed by atoms with Crippen LogP contribution in [0.1, 0.15) is 6.42 Å². The highest BCUT2D eigenvalue weighted by atomic mass is 16.7. The number of aliphatic hydroxyl groups excluding tert-OH is 1. The molecule has 0 saturated carbocycles. The maximum Gasteiger partial charge on any atom is 0.354 e. The van der Waals surface area contributed by atoms with Crippen molar-refractivity contribution in [3.05, 3.63) is 0 Å². The lowest BCUT2D eigenvalue weighted by molar-refractivity contribution is -0.166. The van der Waals surface area contributed by atoms with Crippen molar-refractivity contribution in [2.24, 2.45) is 0 Å². The molecular formula is C6H12N2O5. The Morgan fingerprint density at radius 2 is 1.85 bits per heavy atom.